The van der Waals surface area contributed by atoms with Gasteiger partial charge in [-0.25, -0.2) is 9.37 Å². The number of nitrogens with zero attached hydrogens (tertiary/aromatic N) is 3. The predicted octanol–water partition coefficient (Wildman–Crippen LogP) is 3.85. The standard InChI is InChI=1S/C21H20FN3O2/c1-13(14(2)26)25-19-10-6-4-8-17(19)23-21(25)15-11-20(27)24(12-15)18-9-5-3-7-16(18)22/h3-10,13,15H,11-12H2,1-2H3. The minimum atomic E-state index is -0.419. The van der Waals surface area contributed by atoms with Crippen LogP contribution in [0.2, 0.25) is 0 Å². The average Bonchev–Trinajstić information content (AvgIpc) is 3.22. The van der Waals surface area contributed by atoms with E-state index in [-0.39, 0.29) is 35.8 Å². The first-order chi connectivity index (χ1) is 13.0. The fraction of sp³-hybridized carbons (Fsp3) is 0.286. The third-order valence-corrected chi connectivity index (χ3v) is 5.23. The van der Waals surface area contributed by atoms with Crippen LogP contribution in [0.15, 0.2) is 48.5 Å². The number of hydrogen-bond donors (Lipinski definition) is 0. The molecule has 0 aliphatic carbocycles. The zero-order chi connectivity index (χ0) is 19.1. The van der Waals surface area contributed by atoms with E-state index in [9.17, 15) is 14.0 Å². The van der Waals surface area contributed by atoms with Crippen molar-refractivity contribution in [3.63, 3.8) is 0 Å². The second-order valence-corrected chi connectivity index (χ2v) is 6.97. The van der Waals surface area contributed by atoms with Crippen LogP contribution >= 0.6 is 0 Å². The Balaban J connectivity index is 1.77. The lowest BCUT2D eigenvalue weighted by atomic mass is 10.1. The van der Waals surface area contributed by atoms with E-state index in [0.717, 1.165) is 11.0 Å². The molecule has 4 rings (SSSR count). The highest BCUT2D eigenvalue weighted by molar-refractivity contribution is 5.96. The van der Waals surface area contributed by atoms with Gasteiger partial charge in [0.05, 0.1) is 22.8 Å². The van der Waals surface area contributed by atoms with Crippen LogP contribution in [0.5, 0.6) is 0 Å². The van der Waals surface area contributed by atoms with Crippen LogP contribution in [0.4, 0.5) is 10.1 Å². The van der Waals surface area contributed by atoms with Crippen molar-refractivity contribution < 1.29 is 14.0 Å². The van der Waals surface area contributed by atoms with Crippen LogP contribution in [0.25, 0.3) is 11.0 Å². The number of Topliss-reactive ketones (excluding diaryl/α,β-unsaturated/α-hetero) is 1. The summed E-state index contributed by atoms with van der Waals surface area (Å²) in [6.45, 7) is 3.73. The van der Waals surface area contributed by atoms with E-state index in [1.54, 1.807) is 25.1 Å². The first-order valence-electron chi connectivity index (χ1n) is 8.99. The summed E-state index contributed by atoms with van der Waals surface area (Å²) in [5, 5.41) is 0. The normalized spacial score (nSPS) is 18.3. The van der Waals surface area contributed by atoms with E-state index in [1.807, 2.05) is 35.8 Å². The molecule has 0 radical (unpaired) electrons. The number of benzene rings is 2. The van der Waals surface area contributed by atoms with Gasteiger partial charge in [-0.15, -0.1) is 0 Å². The molecule has 0 saturated carbocycles. The van der Waals surface area contributed by atoms with Crippen molar-refractivity contribution in [3.05, 3.63) is 60.2 Å². The minimum absolute atomic E-state index is 0.0229. The van der Waals surface area contributed by atoms with Gasteiger partial charge >= 0.3 is 0 Å². The largest absolute Gasteiger partial charge is 0.317 e. The van der Waals surface area contributed by atoms with Gasteiger partial charge in [0, 0.05) is 18.9 Å². The van der Waals surface area contributed by atoms with E-state index in [1.165, 1.54) is 11.0 Å². The number of halogens is 1. The Morgan fingerprint density at radius 2 is 1.89 bits per heavy atom. The van der Waals surface area contributed by atoms with Crippen molar-refractivity contribution in [2.75, 3.05) is 11.4 Å². The summed E-state index contributed by atoms with van der Waals surface area (Å²) in [6.07, 6.45) is 0.238. The number of aromatic nitrogens is 2. The molecule has 2 heterocycles. The van der Waals surface area contributed by atoms with Gasteiger partial charge in [0.15, 0.2) is 5.78 Å². The molecule has 2 atom stereocenters. The topological polar surface area (TPSA) is 55.2 Å². The molecular weight excluding hydrogens is 345 g/mol. The first kappa shape index (κ1) is 17.4. The lowest BCUT2D eigenvalue weighted by molar-refractivity contribution is -0.119. The monoisotopic (exact) mass is 365 g/mol. The van der Waals surface area contributed by atoms with E-state index >= 15 is 0 Å². The Morgan fingerprint density at radius 1 is 1.19 bits per heavy atom. The van der Waals surface area contributed by atoms with Gasteiger partial charge < -0.3 is 9.47 Å². The molecule has 2 aromatic carbocycles. The Labute approximate surface area is 156 Å². The quantitative estimate of drug-likeness (QED) is 0.706. The van der Waals surface area contributed by atoms with E-state index < -0.39 is 5.82 Å². The molecule has 1 saturated heterocycles. The molecule has 3 aromatic rings. The van der Waals surface area contributed by atoms with Gasteiger partial charge in [0.1, 0.15) is 11.6 Å². The molecule has 5 nitrogen and oxygen atoms in total. The summed E-state index contributed by atoms with van der Waals surface area (Å²) in [6, 6.07) is 13.5. The predicted molar refractivity (Wildman–Crippen MR) is 101 cm³/mol. The lowest BCUT2D eigenvalue weighted by Crippen LogP contribution is -2.26. The summed E-state index contributed by atoms with van der Waals surface area (Å²) < 4.78 is 16.1. The molecule has 0 N–H and O–H groups in total. The summed E-state index contributed by atoms with van der Waals surface area (Å²) in [5.74, 6) is -0.0385. The SMILES string of the molecule is CC(=O)C(C)n1c(C2CC(=O)N(c3ccccc3F)C2)nc2ccccc21. The number of fused-ring (bicyclic) bond motifs is 1. The van der Waals surface area contributed by atoms with Gasteiger partial charge in [-0.1, -0.05) is 24.3 Å². The van der Waals surface area contributed by atoms with Gasteiger partial charge in [0.25, 0.3) is 0 Å². The van der Waals surface area contributed by atoms with E-state index in [0.29, 0.717) is 12.4 Å². The van der Waals surface area contributed by atoms with Gasteiger partial charge in [-0.3, -0.25) is 9.59 Å². The molecule has 0 bridgehead atoms. The number of ketones is 1. The van der Waals surface area contributed by atoms with Crippen molar-refractivity contribution in [1.29, 1.82) is 0 Å². The van der Waals surface area contributed by atoms with Crippen LogP contribution < -0.4 is 4.90 Å². The van der Waals surface area contributed by atoms with Crippen molar-refractivity contribution in [2.45, 2.75) is 32.2 Å². The van der Waals surface area contributed by atoms with Crippen LogP contribution in [0, 0.1) is 5.82 Å². The second-order valence-electron chi connectivity index (χ2n) is 6.97. The molecule has 2 unspecified atom stereocenters. The fourth-order valence-corrected chi connectivity index (χ4v) is 3.72. The maximum atomic E-state index is 14.2. The number of carbonyl (C=O) groups is 2. The zero-order valence-electron chi connectivity index (χ0n) is 15.2. The van der Waals surface area contributed by atoms with Crippen molar-refractivity contribution in [3.8, 4) is 0 Å². The molecule has 27 heavy (non-hydrogen) atoms. The van der Waals surface area contributed by atoms with Gasteiger partial charge in [0.2, 0.25) is 5.91 Å². The maximum Gasteiger partial charge on any atom is 0.227 e. The smallest absolute Gasteiger partial charge is 0.227 e. The molecule has 6 heteroatoms. The van der Waals surface area contributed by atoms with Crippen LogP contribution in [0.1, 0.15) is 38.1 Å². The van der Waals surface area contributed by atoms with E-state index in [2.05, 4.69) is 0 Å². The highest BCUT2D eigenvalue weighted by Gasteiger charge is 2.36. The highest BCUT2D eigenvalue weighted by atomic mass is 19.1. The number of rotatable bonds is 4. The number of anilines is 1. The van der Waals surface area contributed by atoms with Crippen LogP contribution in [0.3, 0.4) is 0 Å². The van der Waals surface area contributed by atoms with Gasteiger partial charge in [-0.2, -0.15) is 0 Å². The molecule has 138 valence electrons. The molecule has 1 aliphatic heterocycles. The van der Waals surface area contributed by atoms with Crippen LogP contribution in [-0.4, -0.2) is 27.8 Å². The third kappa shape index (κ3) is 2.91. The summed E-state index contributed by atoms with van der Waals surface area (Å²) in [7, 11) is 0. The number of hydrogen-bond acceptors (Lipinski definition) is 3. The summed E-state index contributed by atoms with van der Waals surface area (Å²) >= 11 is 0. The average molecular weight is 365 g/mol. The molecular formula is C21H20FN3O2. The lowest BCUT2D eigenvalue weighted by Gasteiger charge is -2.19. The molecule has 1 amide bonds. The van der Waals surface area contributed by atoms with E-state index in [4.69, 9.17) is 4.98 Å². The van der Waals surface area contributed by atoms with Crippen LogP contribution in [-0.2, 0) is 9.59 Å². The summed E-state index contributed by atoms with van der Waals surface area (Å²) in [5.41, 5.74) is 1.94. The Kier molecular flexibility index (Phi) is 4.26. The Bertz CT molecular complexity index is 1040. The maximum absolute atomic E-state index is 14.2. The van der Waals surface area contributed by atoms with Gasteiger partial charge in [-0.05, 0) is 38.1 Å². The van der Waals surface area contributed by atoms with Crippen molar-refractivity contribution in [1.82, 2.24) is 9.55 Å². The molecule has 1 aliphatic rings. The zero-order valence-corrected chi connectivity index (χ0v) is 15.2. The van der Waals surface area contributed by atoms with Crippen molar-refractivity contribution in [2.24, 2.45) is 0 Å². The molecule has 1 fully saturated rings. The first-order valence-corrected chi connectivity index (χ1v) is 8.99. The number of carbonyl (C=O) groups excluding carboxylic acids is 2. The number of amides is 1. The molecule has 0 spiro atoms. The third-order valence-electron chi connectivity index (χ3n) is 5.23. The Morgan fingerprint density at radius 3 is 2.63 bits per heavy atom. The Hall–Kier alpha value is -3.02. The van der Waals surface area contributed by atoms with Crippen molar-refractivity contribution >= 4 is 28.4 Å². The summed E-state index contributed by atoms with van der Waals surface area (Å²) in [4.78, 5) is 30.9. The number of imidazole rings is 1. The fourth-order valence-electron chi connectivity index (χ4n) is 3.72. The number of para-hydroxylation sites is 3. The highest BCUT2D eigenvalue weighted by Crippen LogP contribution is 2.35. The second kappa shape index (κ2) is 6.61. The molecule has 1 aromatic heterocycles. The minimum Gasteiger partial charge on any atom is -0.317 e.